The third-order valence-electron chi connectivity index (χ3n) is 4.64. The molecule has 1 unspecified atom stereocenters. The molecule has 1 aliphatic rings. The molecule has 2 amide bonds. The number of rotatable bonds is 6. The highest BCUT2D eigenvalue weighted by atomic mass is 16.2. The molecule has 5 nitrogen and oxygen atoms in total. The average molecular weight is 351 g/mol. The molecule has 1 fully saturated rings. The van der Waals surface area contributed by atoms with Crippen LogP contribution in [0.3, 0.4) is 0 Å². The van der Waals surface area contributed by atoms with E-state index in [1.807, 2.05) is 42.5 Å². The number of carbonyl (C=O) groups is 2. The second-order valence-corrected chi connectivity index (χ2v) is 6.68. The minimum absolute atomic E-state index is 0.0252. The molecule has 0 spiro atoms. The number of anilines is 2. The van der Waals surface area contributed by atoms with E-state index in [9.17, 15) is 9.59 Å². The number of hydrogen-bond donors (Lipinski definition) is 2. The van der Waals surface area contributed by atoms with Crippen molar-refractivity contribution in [3.05, 3.63) is 60.2 Å². The third-order valence-corrected chi connectivity index (χ3v) is 4.64. The van der Waals surface area contributed by atoms with E-state index in [-0.39, 0.29) is 11.8 Å². The Kier molecular flexibility index (Phi) is 5.89. The predicted octanol–water partition coefficient (Wildman–Crippen LogP) is 2.97. The van der Waals surface area contributed by atoms with Gasteiger partial charge < -0.3 is 15.5 Å². The molecule has 0 aromatic heterocycles. The standard InChI is InChI=1S/C21H25N3O2/c1-16(25)23-18-11-9-17(10-12-18)14-21(26)22-15-20-8-5-13-24(20)19-6-3-2-4-7-19/h2-4,6-7,9-12,20H,5,8,13-15H2,1H3,(H,22,26)(H,23,25). The number of amides is 2. The maximum atomic E-state index is 12.3. The summed E-state index contributed by atoms with van der Waals surface area (Å²) in [6, 6.07) is 18.1. The molecule has 26 heavy (non-hydrogen) atoms. The van der Waals surface area contributed by atoms with Gasteiger partial charge in [0, 0.05) is 37.4 Å². The summed E-state index contributed by atoms with van der Waals surface area (Å²) in [4.78, 5) is 25.7. The van der Waals surface area contributed by atoms with Gasteiger partial charge in [-0.1, -0.05) is 30.3 Å². The van der Waals surface area contributed by atoms with E-state index < -0.39 is 0 Å². The molecule has 2 N–H and O–H groups in total. The molecule has 3 rings (SSSR count). The normalized spacial score (nSPS) is 16.3. The minimum atomic E-state index is -0.102. The summed E-state index contributed by atoms with van der Waals surface area (Å²) in [6.07, 6.45) is 2.60. The van der Waals surface area contributed by atoms with Crippen molar-refractivity contribution in [2.75, 3.05) is 23.3 Å². The molecule has 0 saturated carbocycles. The van der Waals surface area contributed by atoms with Gasteiger partial charge >= 0.3 is 0 Å². The Morgan fingerprint density at radius 3 is 2.50 bits per heavy atom. The van der Waals surface area contributed by atoms with Crippen molar-refractivity contribution in [1.82, 2.24) is 5.32 Å². The summed E-state index contributed by atoms with van der Waals surface area (Å²) in [5.41, 5.74) is 2.90. The second kappa shape index (κ2) is 8.52. The Balaban J connectivity index is 1.50. The lowest BCUT2D eigenvalue weighted by molar-refractivity contribution is -0.120. The zero-order valence-electron chi connectivity index (χ0n) is 15.1. The lowest BCUT2D eigenvalue weighted by Gasteiger charge is -2.27. The van der Waals surface area contributed by atoms with Gasteiger partial charge in [0.15, 0.2) is 0 Å². The van der Waals surface area contributed by atoms with Crippen LogP contribution in [0.15, 0.2) is 54.6 Å². The molecule has 2 aromatic carbocycles. The van der Waals surface area contributed by atoms with Gasteiger partial charge in [0.2, 0.25) is 11.8 Å². The van der Waals surface area contributed by atoms with Gasteiger partial charge in [-0.15, -0.1) is 0 Å². The second-order valence-electron chi connectivity index (χ2n) is 6.68. The fourth-order valence-electron chi connectivity index (χ4n) is 3.40. The molecule has 1 atom stereocenters. The Bertz CT molecular complexity index is 744. The Labute approximate surface area is 154 Å². The summed E-state index contributed by atoms with van der Waals surface area (Å²) >= 11 is 0. The summed E-state index contributed by atoms with van der Waals surface area (Å²) in [6.45, 7) is 3.18. The molecule has 136 valence electrons. The molecule has 2 aromatic rings. The maximum absolute atomic E-state index is 12.3. The molecular formula is C21H25N3O2. The van der Waals surface area contributed by atoms with Gasteiger partial charge in [-0.05, 0) is 42.7 Å². The molecule has 1 aliphatic heterocycles. The first-order valence-corrected chi connectivity index (χ1v) is 9.07. The van der Waals surface area contributed by atoms with Crippen LogP contribution in [0.25, 0.3) is 0 Å². The number of carbonyl (C=O) groups excluding carboxylic acids is 2. The first-order chi connectivity index (χ1) is 12.6. The van der Waals surface area contributed by atoms with Crippen LogP contribution in [0, 0.1) is 0 Å². The van der Waals surface area contributed by atoms with Crippen molar-refractivity contribution >= 4 is 23.2 Å². The first kappa shape index (κ1) is 18.0. The number of hydrogen-bond acceptors (Lipinski definition) is 3. The largest absolute Gasteiger partial charge is 0.367 e. The van der Waals surface area contributed by atoms with E-state index >= 15 is 0 Å². The van der Waals surface area contributed by atoms with Crippen LogP contribution >= 0.6 is 0 Å². The summed E-state index contributed by atoms with van der Waals surface area (Å²) in [5.74, 6) is -0.0767. The fraction of sp³-hybridized carbons (Fsp3) is 0.333. The van der Waals surface area contributed by atoms with Crippen LogP contribution in [-0.2, 0) is 16.0 Å². The molecular weight excluding hydrogens is 326 g/mol. The van der Waals surface area contributed by atoms with Gasteiger partial charge in [0.05, 0.1) is 6.42 Å². The van der Waals surface area contributed by atoms with Gasteiger partial charge in [-0.3, -0.25) is 9.59 Å². The summed E-state index contributed by atoms with van der Waals surface area (Å²) in [5, 5.41) is 5.79. The highest BCUT2D eigenvalue weighted by molar-refractivity contribution is 5.88. The fourth-order valence-corrected chi connectivity index (χ4v) is 3.40. The van der Waals surface area contributed by atoms with Crippen LogP contribution in [0.2, 0.25) is 0 Å². The summed E-state index contributed by atoms with van der Waals surface area (Å²) in [7, 11) is 0. The third kappa shape index (κ3) is 4.85. The van der Waals surface area contributed by atoms with Crippen molar-refractivity contribution in [3.63, 3.8) is 0 Å². The smallest absolute Gasteiger partial charge is 0.224 e. The topological polar surface area (TPSA) is 61.4 Å². The molecule has 5 heteroatoms. The average Bonchev–Trinajstić information content (AvgIpc) is 3.11. The van der Waals surface area contributed by atoms with E-state index in [0.29, 0.717) is 19.0 Å². The van der Waals surface area contributed by atoms with Crippen LogP contribution in [0.5, 0.6) is 0 Å². The number of nitrogens with one attached hydrogen (secondary N) is 2. The maximum Gasteiger partial charge on any atom is 0.224 e. The van der Waals surface area contributed by atoms with E-state index in [4.69, 9.17) is 0 Å². The molecule has 0 aliphatic carbocycles. The number of benzene rings is 2. The van der Waals surface area contributed by atoms with Crippen molar-refractivity contribution in [1.29, 1.82) is 0 Å². The Hall–Kier alpha value is -2.82. The predicted molar refractivity (Wildman–Crippen MR) is 104 cm³/mol. The molecule has 1 saturated heterocycles. The molecule has 0 radical (unpaired) electrons. The minimum Gasteiger partial charge on any atom is -0.367 e. The van der Waals surface area contributed by atoms with E-state index in [1.54, 1.807) is 0 Å². The van der Waals surface area contributed by atoms with Crippen LogP contribution < -0.4 is 15.5 Å². The number of para-hydroxylation sites is 1. The van der Waals surface area contributed by atoms with Gasteiger partial charge in [0.1, 0.15) is 0 Å². The molecule has 0 bridgehead atoms. The first-order valence-electron chi connectivity index (χ1n) is 9.07. The van der Waals surface area contributed by atoms with Crippen molar-refractivity contribution in [2.45, 2.75) is 32.2 Å². The van der Waals surface area contributed by atoms with Crippen molar-refractivity contribution in [2.24, 2.45) is 0 Å². The highest BCUT2D eigenvalue weighted by Gasteiger charge is 2.24. The van der Waals surface area contributed by atoms with Crippen molar-refractivity contribution in [3.8, 4) is 0 Å². The van der Waals surface area contributed by atoms with E-state index in [2.05, 4.69) is 27.7 Å². The van der Waals surface area contributed by atoms with E-state index in [0.717, 1.165) is 30.6 Å². The zero-order valence-corrected chi connectivity index (χ0v) is 15.1. The quantitative estimate of drug-likeness (QED) is 0.841. The van der Waals surface area contributed by atoms with Crippen molar-refractivity contribution < 1.29 is 9.59 Å². The monoisotopic (exact) mass is 351 g/mol. The summed E-state index contributed by atoms with van der Waals surface area (Å²) < 4.78 is 0. The Morgan fingerprint density at radius 1 is 1.08 bits per heavy atom. The van der Waals surface area contributed by atoms with Gasteiger partial charge in [0.25, 0.3) is 0 Å². The lowest BCUT2D eigenvalue weighted by Crippen LogP contribution is -2.40. The zero-order chi connectivity index (χ0) is 18.4. The van der Waals surface area contributed by atoms with E-state index in [1.165, 1.54) is 12.6 Å². The highest BCUT2D eigenvalue weighted by Crippen LogP contribution is 2.24. The van der Waals surface area contributed by atoms with Crippen LogP contribution in [0.4, 0.5) is 11.4 Å². The Morgan fingerprint density at radius 2 is 1.81 bits per heavy atom. The SMILES string of the molecule is CC(=O)Nc1ccc(CC(=O)NCC2CCCN2c2ccccc2)cc1. The van der Waals surface area contributed by atoms with Gasteiger partial charge in [-0.2, -0.15) is 0 Å². The molecule has 1 heterocycles. The van der Waals surface area contributed by atoms with Gasteiger partial charge in [-0.25, -0.2) is 0 Å². The van der Waals surface area contributed by atoms with Crippen LogP contribution in [0.1, 0.15) is 25.3 Å². The lowest BCUT2D eigenvalue weighted by atomic mass is 10.1. The number of nitrogens with zero attached hydrogens (tertiary/aromatic N) is 1. The van der Waals surface area contributed by atoms with Crippen LogP contribution in [-0.4, -0.2) is 30.9 Å².